The minimum absolute atomic E-state index is 0.0624. The Morgan fingerprint density at radius 2 is 2.16 bits per heavy atom. The van der Waals surface area contributed by atoms with Crippen molar-refractivity contribution in [3.05, 3.63) is 5.57 Å². The van der Waals surface area contributed by atoms with Gasteiger partial charge in [-0.3, -0.25) is 4.84 Å². The summed E-state index contributed by atoms with van der Waals surface area (Å²) in [5.41, 5.74) is -0.209. The van der Waals surface area contributed by atoms with E-state index in [2.05, 4.69) is 0 Å². The molecule has 19 heavy (non-hydrogen) atoms. The summed E-state index contributed by atoms with van der Waals surface area (Å²) in [7, 11) is 1.26. The molecule has 0 aliphatic carbocycles. The molecule has 1 rings (SSSR count). The van der Waals surface area contributed by atoms with Crippen molar-refractivity contribution in [2.75, 3.05) is 20.3 Å². The highest BCUT2D eigenvalue weighted by atomic mass is 16.7. The Kier molecular flexibility index (Phi) is 5.26. The number of hydroxylamine groups is 2. The van der Waals surface area contributed by atoms with Crippen LogP contribution in [0.1, 0.15) is 27.2 Å². The molecule has 0 aromatic heterocycles. The van der Waals surface area contributed by atoms with E-state index in [9.17, 15) is 9.59 Å². The van der Waals surface area contributed by atoms with Crippen LogP contribution in [0.5, 0.6) is 0 Å². The van der Waals surface area contributed by atoms with E-state index in [4.69, 9.17) is 14.7 Å². The maximum atomic E-state index is 11.8. The molecular weight excluding hydrogens is 250 g/mol. The Labute approximate surface area is 112 Å². The lowest BCUT2D eigenvalue weighted by molar-refractivity contribution is -0.237. The fourth-order valence-electron chi connectivity index (χ4n) is 2.14. The smallest absolute Gasteiger partial charge is 0.330 e. The monoisotopic (exact) mass is 271 g/mol. The third-order valence-electron chi connectivity index (χ3n) is 2.83. The molecule has 1 heterocycles. The summed E-state index contributed by atoms with van der Waals surface area (Å²) in [5.74, 6) is 1.02. The van der Waals surface area contributed by atoms with Crippen molar-refractivity contribution < 1.29 is 24.3 Å². The lowest BCUT2D eigenvalue weighted by Gasteiger charge is -2.29. The van der Waals surface area contributed by atoms with Crippen molar-refractivity contribution in [2.45, 2.75) is 38.8 Å². The van der Waals surface area contributed by atoms with Crippen LogP contribution >= 0.6 is 0 Å². The maximum Gasteiger partial charge on any atom is 0.330 e. The normalized spacial score (nSPS) is 24.4. The molecule has 0 radical (unpaired) electrons. The van der Waals surface area contributed by atoms with Gasteiger partial charge in [-0.1, -0.05) is 0 Å². The van der Waals surface area contributed by atoms with Gasteiger partial charge in [-0.05, 0) is 27.2 Å². The number of carbonyl (C=O) groups excluding carboxylic acids is 2. The summed E-state index contributed by atoms with van der Waals surface area (Å²) < 4.78 is 4.71. The van der Waals surface area contributed by atoms with E-state index in [1.807, 2.05) is 26.7 Å². The molecule has 2 unspecified atom stereocenters. The van der Waals surface area contributed by atoms with Gasteiger partial charge in [0.25, 0.3) is 0 Å². The van der Waals surface area contributed by atoms with E-state index in [1.165, 1.54) is 12.2 Å². The number of methoxy groups -OCH3 is 1. The fourth-order valence-corrected chi connectivity index (χ4v) is 2.14. The number of hydrogen-bond acceptors (Lipinski definition) is 6. The minimum atomic E-state index is -0.877. The van der Waals surface area contributed by atoms with Crippen LogP contribution in [0.2, 0.25) is 0 Å². The number of ether oxygens (including phenoxy) is 1. The van der Waals surface area contributed by atoms with Crippen LogP contribution in [0.15, 0.2) is 5.57 Å². The molecule has 6 heteroatoms. The van der Waals surface area contributed by atoms with Gasteiger partial charge in [-0.15, -0.1) is 0 Å². The highest BCUT2D eigenvalue weighted by Gasteiger charge is 2.45. The largest absolute Gasteiger partial charge is 0.468 e. The molecule has 0 aromatic rings. The zero-order chi connectivity index (χ0) is 14.6. The Hall–Kier alpha value is -1.20. The van der Waals surface area contributed by atoms with Crippen molar-refractivity contribution >= 4 is 11.9 Å². The average Bonchev–Trinajstić information content (AvgIpc) is 2.63. The zero-order valence-corrected chi connectivity index (χ0v) is 11.8. The fraction of sp³-hybridized carbons (Fsp3) is 0.769. The Bertz CT molecular complexity index is 381. The van der Waals surface area contributed by atoms with Gasteiger partial charge in [0.2, 0.25) is 0 Å². The Balaban J connectivity index is 3.01. The molecule has 0 spiro atoms. The molecule has 0 saturated carbocycles. The van der Waals surface area contributed by atoms with Gasteiger partial charge in [0.1, 0.15) is 5.94 Å². The highest BCUT2D eigenvalue weighted by Crippen LogP contribution is 2.32. The standard InChI is InChI=1S/C13H21NO5/c1-13(2,3)19-14-7-9(5-6-15)10(8-16)11(14)12(17)18-4/h9,11,15H,5-7H2,1-4H3. The van der Waals surface area contributed by atoms with Gasteiger partial charge < -0.3 is 9.84 Å². The van der Waals surface area contributed by atoms with Crippen LogP contribution in [-0.2, 0) is 19.2 Å². The van der Waals surface area contributed by atoms with Crippen molar-refractivity contribution in [1.82, 2.24) is 5.06 Å². The first kappa shape index (κ1) is 15.9. The van der Waals surface area contributed by atoms with E-state index in [0.717, 1.165) is 0 Å². The van der Waals surface area contributed by atoms with Crippen LogP contribution < -0.4 is 0 Å². The molecule has 1 N–H and O–H groups in total. The first-order chi connectivity index (χ1) is 8.84. The minimum Gasteiger partial charge on any atom is -0.468 e. The molecule has 0 bridgehead atoms. The molecule has 1 saturated heterocycles. The molecule has 108 valence electrons. The van der Waals surface area contributed by atoms with Gasteiger partial charge in [0.15, 0.2) is 6.04 Å². The summed E-state index contributed by atoms with van der Waals surface area (Å²) in [6.07, 6.45) is 0.391. The van der Waals surface area contributed by atoms with E-state index in [0.29, 0.717) is 13.0 Å². The zero-order valence-electron chi connectivity index (χ0n) is 11.8. The third kappa shape index (κ3) is 3.88. The summed E-state index contributed by atoms with van der Waals surface area (Å²) in [4.78, 5) is 28.6. The molecular formula is C13H21NO5. The van der Waals surface area contributed by atoms with Gasteiger partial charge in [-0.2, -0.15) is 5.06 Å². The van der Waals surface area contributed by atoms with Gasteiger partial charge in [0, 0.05) is 24.6 Å². The van der Waals surface area contributed by atoms with Crippen LogP contribution in [-0.4, -0.2) is 54.0 Å². The van der Waals surface area contributed by atoms with Crippen LogP contribution in [0, 0.1) is 5.92 Å². The number of aliphatic hydroxyl groups excluding tert-OH is 1. The van der Waals surface area contributed by atoms with Crippen LogP contribution in [0.25, 0.3) is 0 Å². The second-order valence-electron chi connectivity index (χ2n) is 5.50. The Morgan fingerprint density at radius 1 is 1.53 bits per heavy atom. The van der Waals surface area contributed by atoms with Gasteiger partial charge in [0.05, 0.1) is 12.7 Å². The molecule has 0 aromatic carbocycles. The molecule has 0 amide bonds. The van der Waals surface area contributed by atoms with Crippen molar-refractivity contribution in [3.63, 3.8) is 0 Å². The summed E-state index contributed by atoms with van der Waals surface area (Å²) in [6, 6.07) is -0.877. The summed E-state index contributed by atoms with van der Waals surface area (Å²) in [5, 5.41) is 10.5. The van der Waals surface area contributed by atoms with Crippen LogP contribution in [0.4, 0.5) is 0 Å². The summed E-state index contributed by atoms with van der Waals surface area (Å²) >= 11 is 0. The third-order valence-corrected chi connectivity index (χ3v) is 2.83. The van der Waals surface area contributed by atoms with Gasteiger partial charge >= 0.3 is 5.97 Å². The predicted molar refractivity (Wildman–Crippen MR) is 67.7 cm³/mol. The summed E-state index contributed by atoms with van der Waals surface area (Å²) in [6.45, 7) is 5.86. The Morgan fingerprint density at radius 3 is 2.58 bits per heavy atom. The maximum absolute atomic E-state index is 11.8. The predicted octanol–water partition coefficient (Wildman–Crippen LogP) is 0.330. The topological polar surface area (TPSA) is 76.1 Å². The first-order valence-electron chi connectivity index (χ1n) is 6.23. The lowest BCUT2D eigenvalue weighted by atomic mass is 9.97. The number of nitrogens with zero attached hydrogens (tertiary/aromatic N) is 1. The van der Waals surface area contributed by atoms with Crippen molar-refractivity contribution in [2.24, 2.45) is 5.92 Å². The highest BCUT2D eigenvalue weighted by molar-refractivity contribution is 5.83. The van der Waals surface area contributed by atoms with E-state index < -0.39 is 17.6 Å². The lowest BCUT2D eigenvalue weighted by Crippen LogP contribution is -2.42. The molecule has 2 atom stereocenters. The molecule has 1 aliphatic heterocycles. The quantitative estimate of drug-likeness (QED) is 0.586. The van der Waals surface area contributed by atoms with Gasteiger partial charge in [-0.25, -0.2) is 9.59 Å². The average molecular weight is 271 g/mol. The van der Waals surface area contributed by atoms with Crippen molar-refractivity contribution in [3.8, 4) is 0 Å². The molecule has 6 nitrogen and oxygen atoms in total. The SMILES string of the molecule is COC(=O)C1C(=C=O)C(CCO)CN1OC(C)(C)C. The second-order valence-corrected chi connectivity index (χ2v) is 5.50. The number of carbonyl (C=O) groups is 1. The second kappa shape index (κ2) is 6.30. The number of rotatable bonds is 4. The number of esters is 1. The van der Waals surface area contributed by atoms with E-state index >= 15 is 0 Å². The first-order valence-corrected chi connectivity index (χ1v) is 6.23. The van der Waals surface area contributed by atoms with Crippen molar-refractivity contribution in [1.29, 1.82) is 0 Å². The number of aliphatic hydroxyl groups is 1. The van der Waals surface area contributed by atoms with E-state index in [1.54, 1.807) is 0 Å². The number of hydrogen-bond donors (Lipinski definition) is 1. The molecule has 1 fully saturated rings. The van der Waals surface area contributed by atoms with Crippen LogP contribution in [0.3, 0.4) is 0 Å². The van der Waals surface area contributed by atoms with E-state index in [-0.39, 0.29) is 18.1 Å². The molecule has 1 aliphatic rings.